The van der Waals surface area contributed by atoms with E-state index in [-0.39, 0.29) is 17.7 Å². The average Bonchev–Trinajstić information content (AvgIpc) is 2.18. The smallest absolute Gasteiger partial charge is 0.124 e. The first-order valence-electron chi connectivity index (χ1n) is 4.21. The molecule has 0 aromatic carbocycles. The van der Waals surface area contributed by atoms with Gasteiger partial charge in [-0.25, -0.2) is 0 Å². The molecule has 0 saturated carbocycles. The third-order valence-corrected chi connectivity index (χ3v) is 2.79. The lowest BCUT2D eigenvalue weighted by Crippen LogP contribution is -2.13. The lowest BCUT2D eigenvalue weighted by atomic mass is 10.2. The number of pyridine rings is 1. The van der Waals surface area contributed by atoms with Crippen LogP contribution in [0.2, 0.25) is 0 Å². The molecule has 0 aliphatic heterocycles. The molecule has 1 rings (SSSR count). The van der Waals surface area contributed by atoms with Crippen molar-refractivity contribution in [3.05, 3.63) is 24.0 Å². The molecule has 1 unspecified atom stereocenters. The van der Waals surface area contributed by atoms with Crippen molar-refractivity contribution in [2.24, 2.45) is 5.73 Å². The van der Waals surface area contributed by atoms with Gasteiger partial charge in [-0.05, 0) is 6.07 Å². The Bertz CT molecular complexity index is 330. The number of nitrogens with two attached hydrogens (primary N) is 1. The zero-order valence-corrected chi connectivity index (χ0v) is 8.71. The van der Waals surface area contributed by atoms with Crippen LogP contribution < -0.4 is 5.73 Å². The van der Waals surface area contributed by atoms with E-state index in [1.54, 1.807) is 18.5 Å². The second kappa shape index (κ2) is 4.97. The van der Waals surface area contributed by atoms with Gasteiger partial charge in [-0.2, -0.15) is 0 Å². The summed E-state index contributed by atoms with van der Waals surface area (Å²) in [6, 6.07) is 1.70. The molecule has 1 aromatic heterocycles. The van der Waals surface area contributed by atoms with Gasteiger partial charge in [-0.1, -0.05) is 6.92 Å². The number of nitrogens with zero attached hydrogens (tertiary/aromatic N) is 1. The van der Waals surface area contributed by atoms with Crippen molar-refractivity contribution in [2.75, 3.05) is 6.61 Å². The first kappa shape index (κ1) is 11.0. The largest absolute Gasteiger partial charge is 0.395 e. The van der Waals surface area contributed by atoms with Crippen LogP contribution in [0.25, 0.3) is 0 Å². The average molecular weight is 211 g/mol. The van der Waals surface area contributed by atoms with Crippen molar-refractivity contribution in [2.45, 2.75) is 17.1 Å². The predicted octanol–water partition coefficient (Wildman–Crippen LogP) is 0.839. The van der Waals surface area contributed by atoms with Crippen LogP contribution in [0.15, 0.2) is 23.4 Å². The van der Waals surface area contributed by atoms with E-state index in [1.807, 2.05) is 6.92 Å². The monoisotopic (exact) mass is 211 g/mol. The molecule has 0 fully saturated rings. The van der Waals surface area contributed by atoms with Gasteiger partial charge in [0.25, 0.3) is 0 Å². The molecular formula is C9H13N3OS. The number of amidine groups is 1. The fraction of sp³-hybridized carbons (Fsp3) is 0.333. The molecule has 14 heavy (non-hydrogen) atoms. The van der Waals surface area contributed by atoms with Crippen molar-refractivity contribution >= 4 is 17.6 Å². The van der Waals surface area contributed by atoms with E-state index in [1.165, 1.54) is 11.8 Å². The molecule has 0 saturated heterocycles. The highest BCUT2D eigenvalue weighted by Crippen LogP contribution is 2.25. The molecule has 76 valence electrons. The number of aliphatic hydroxyl groups excluding tert-OH is 1. The van der Waals surface area contributed by atoms with Crippen molar-refractivity contribution in [3.8, 4) is 0 Å². The minimum Gasteiger partial charge on any atom is -0.395 e. The summed E-state index contributed by atoms with van der Waals surface area (Å²) in [6.45, 7) is 2.00. The van der Waals surface area contributed by atoms with Crippen LogP contribution >= 0.6 is 11.8 Å². The lowest BCUT2D eigenvalue weighted by molar-refractivity contribution is 0.300. The van der Waals surface area contributed by atoms with Gasteiger partial charge in [-0.15, -0.1) is 11.8 Å². The zero-order chi connectivity index (χ0) is 10.6. The highest BCUT2D eigenvalue weighted by atomic mass is 32.2. The van der Waals surface area contributed by atoms with E-state index in [0.717, 1.165) is 4.90 Å². The summed E-state index contributed by atoms with van der Waals surface area (Å²) in [5.41, 5.74) is 6.08. The van der Waals surface area contributed by atoms with E-state index in [9.17, 15) is 0 Å². The number of aromatic nitrogens is 1. The maximum absolute atomic E-state index is 8.90. The minimum atomic E-state index is 0.0278. The summed E-state index contributed by atoms with van der Waals surface area (Å²) >= 11 is 1.47. The number of nitrogens with one attached hydrogen (secondary N) is 1. The van der Waals surface area contributed by atoms with Crippen molar-refractivity contribution in [3.63, 3.8) is 0 Å². The summed E-state index contributed by atoms with van der Waals surface area (Å²) in [5.74, 6) is 0.0278. The number of thioether (sulfide) groups is 1. The molecule has 1 heterocycles. The van der Waals surface area contributed by atoms with Gasteiger partial charge in [0, 0.05) is 28.1 Å². The Morgan fingerprint density at radius 3 is 3.07 bits per heavy atom. The zero-order valence-electron chi connectivity index (χ0n) is 7.90. The van der Waals surface area contributed by atoms with Crippen LogP contribution in [0.1, 0.15) is 12.5 Å². The van der Waals surface area contributed by atoms with E-state index in [4.69, 9.17) is 16.2 Å². The predicted molar refractivity (Wildman–Crippen MR) is 57.7 cm³/mol. The van der Waals surface area contributed by atoms with Crippen LogP contribution in [-0.4, -0.2) is 27.8 Å². The topological polar surface area (TPSA) is 83.0 Å². The highest BCUT2D eigenvalue weighted by Gasteiger charge is 2.09. The third-order valence-electron chi connectivity index (χ3n) is 1.66. The maximum Gasteiger partial charge on any atom is 0.124 e. The summed E-state index contributed by atoms with van der Waals surface area (Å²) < 4.78 is 0. The quantitative estimate of drug-likeness (QED) is 0.391. The van der Waals surface area contributed by atoms with Gasteiger partial charge in [0.1, 0.15) is 5.84 Å². The van der Waals surface area contributed by atoms with E-state index < -0.39 is 0 Å². The molecule has 0 spiro atoms. The van der Waals surface area contributed by atoms with E-state index in [2.05, 4.69) is 4.98 Å². The SMILES string of the molecule is CC(CO)Sc1cnccc1C(=N)N. The van der Waals surface area contributed by atoms with Gasteiger partial charge >= 0.3 is 0 Å². The van der Waals surface area contributed by atoms with Crippen LogP contribution in [0.5, 0.6) is 0 Å². The first-order chi connectivity index (χ1) is 6.65. The Labute approximate surface area is 87.1 Å². The summed E-state index contributed by atoms with van der Waals surface area (Å²) in [6.07, 6.45) is 3.26. The Balaban J connectivity index is 2.90. The summed E-state index contributed by atoms with van der Waals surface area (Å²) in [4.78, 5) is 4.80. The number of hydrogen-bond donors (Lipinski definition) is 3. The van der Waals surface area contributed by atoms with Crippen LogP contribution in [-0.2, 0) is 0 Å². The summed E-state index contributed by atoms with van der Waals surface area (Å²) in [5, 5.41) is 16.3. The first-order valence-corrected chi connectivity index (χ1v) is 5.09. The van der Waals surface area contributed by atoms with Gasteiger partial charge in [0.15, 0.2) is 0 Å². The summed E-state index contributed by atoms with van der Waals surface area (Å²) in [7, 11) is 0. The molecule has 0 amide bonds. The Morgan fingerprint density at radius 2 is 2.50 bits per heavy atom. The van der Waals surface area contributed by atoms with Crippen molar-refractivity contribution in [1.82, 2.24) is 4.98 Å². The molecule has 1 aromatic rings. The second-order valence-electron chi connectivity index (χ2n) is 2.90. The molecule has 0 aliphatic rings. The van der Waals surface area contributed by atoms with Crippen LogP contribution in [0.4, 0.5) is 0 Å². The number of aliphatic hydroxyl groups is 1. The number of rotatable bonds is 4. The molecule has 0 radical (unpaired) electrons. The number of hydrogen-bond acceptors (Lipinski definition) is 4. The van der Waals surface area contributed by atoms with Gasteiger partial charge < -0.3 is 10.8 Å². The molecular weight excluding hydrogens is 198 g/mol. The second-order valence-corrected chi connectivity index (χ2v) is 4.38. The van der Waals surface area contributed by atoms with Crippen LogP contribution in [0.3, 0.4) is 0 Å². The fourth-order valence-electron chi connectivity index (χ4n) is 0.950. The highest BCUT2D eigenvalue weighted by molar-refractivity contribution is 8.00. The molecule has 4 N–H and O–H groups in total. The molecule has 0 bridgehead atoms. The van der Waals surface area contributed by atoms with Gasteiger partial charge in [-0.3, -0.25) is 10.4 Å². The number of nitrogen functional groups attached to an aromatic ring is 1. The van der Waals surface area contributed by atoms with Crippen molar-refractivity contribution < 1.29 is 5.11 Å². The van der Waals surface area contributed by atoms with E-state index in [0.29, 0.717) is 5.56 Å². The minimum absolute atomic E-state index is 0.0278. The van der Waals surface area contributed by atoms with Gasteiger partial charge in [0.05, 0.1) is 6.61 Å². The van der Waals surface area contributed by atoms with Crippen LogP contribution in [0, 0.1) is 5.41 Å². The molecule has 1 atom stereocenters. The lowest BCUT2D eigenvalue weighted by Gasteiger charge is -2.10. The third kappa shape index (κ3) is 2.71. The molecule has 0 aliphatic carbocycles. The molecule has 5 heteroatoms. The van der Waals surface area contributed by atoms with E-state index >= 15 is 0 Å². The van der Waals surface area contributed by atoms with Crippen molar-refractivity contribution in [1.29, 1.82) is 5.41 Å². The molecule has 4 nitrogen and oxygen atoms in total. The normalized spacial score (nSPS) is 12.4. The van der Waals surface area contributed by atoms with Gasteiger partial charge in [0.2, 0.25) is 0 Å². The Morgan fingerprint density at radius 1 is 1.79 bits per heavy atom. The Kier molecular flexibility index (Phi) is 3.91. The fourth-order valence-corrected chi connectivity index (χ4v) is 1.89. The standard InChI is InChI=1S/C9H13N3OS/c1-6(5-13)14-8-4-12-3-2-7(8)9(10)11/h2-4,6,13H,5H2,1H3,(H3,10,11). The Hall–Kier alpha value is -1.07. The maximum atomic E-state index is 8.90.